The molecule has 1 fully saturated rings. The number of nitriles is 1. The summed E-state index contributed by atoms with van der Waals surface area (Å²) in [6.07, 6.45) is 3.58. The van der Waals surface area contributed by atoms with Crippen LogP contribution in [0.4, 0.5) is 0 Å². The second-order valence-electron chi connectivity index (χ2n) is 3.32. The Bertz CT molecular complexity index is 407. The zero-order chi connectivity index (χ0) is 9.97. The molecule has 70 valence electrons. The highest BCUT2D eigenvalue weighted by Crippen LogP contribution is 2.32. The van der Waals surface area contributed by atoms with Crippen molar-refractivity contribution in [2.24, 2.45) is 5.92 Å². The third kappa shape index (κ3) is 1.91. The average molecular weight is 203 g/mol. The van der Waals surface area contributed by atoms with Gasteiger partial charge in [-0.1, -0.05) is 6.07 Å². The van der Waals surface area contributed by atoms with Crippen LogP contribution in [-0.2, 0) is 4.79 Å². The summed E-state index contributed by atoms with van der Waals surface area (Å²) >= 11 is 1.54. The highest BCUT2D eigenvalue weighted by Gasteiger charge is 2.31. The minimum atomic E-state index is 0.0147. The van der Waals surface area contributed by atoms with Crippen LogP contribution in [0.25, 0.3) is 6.08 Å². The molecule has 1 saturated carbocycles. The van der Waals surface area contributed by atoms with Gasteiger partial charge in [0.15, 0.2) is 5.78 Å². The Morgan fingerprint density at radius 2 is 2.43 bits per heavy atom. The molecule has 14 heavy (non-hydrogen) atoms. The number of thiophene rings is 1. The van der Waals surface area contributed by atoms with Gasteiger partial charge in [-0.3, -0.25) is 4.79 Å². The lowest BCUT2D eigenvalue weighted by Gasteiger charge is -1.93. The predicted octanol–water partition coefficient (Wildman–Crippen LogP) is 2.63. The lowest BCUT2D eigenvalue weighted by Crippen LogP contribution is -2.02. The van der Waals surface area contributed by atoms with E-state index in [2.05, 4.69) is 0 Å². The van der Waals surface area contributed by atoms with Gasteiger partial charge < -0.3 is 0 Å². The Labute approximate surface area is 86.5 Å². The van der Waals surface area contributed by atoms with Crippen LogP contribution in [0.1, 0.15) is 17.7 Å². The molecule has 0 unspecified atom stereocenters. The smallest absolute Gasteiger partial charge is 0.176 e. The Balaban J connectivity index is 2.21. The van der Waals surface area contributed by atoms with E-state index in [9.17, 15) is 4.79 Å². The Morgan fingerprint density at radius 1 is 1.64 bits per heavy atom. The average Bonchev–Trinajstić information content (AvgIpc) is 2.93. The van der Waals surface area contributed by atoms with Gasteiger partial charge in [-0.25, -0.2) is 0 Å². The standard InChI is InChI=1S/C11H9NOS/c12-7-9(11(13)8-3-4-8)6-10-2-1-5-14-10/h1-2,5-6,8H,3-4H2. The van der Waals surface area contributed by atoms with Crippen LogP contribution < -0.4 is 0 Å². The molecule has 1 aromatic rings. The Kier molecular flexibility index (Phi) is 2.47. The molecular formula is C11H9NOS. The zero-order valence-corrected chi connectivity index (χ0v) is 8.38. The number of hydrogen-bond acceptors (Lipinski definition) is 3. The maximum Gasteiger partial charge on any atom is 0.176 e. The molecule has 1 aromatic heterocycles. The molecule has 2 nitrogen and oxygen atoms in total. The van der Waals surface area contributed by atoms with Crippen LogP contribution >= 0.6 is 11.3 Å². The number of hydrogen-bond donors (Lipinski definition) is 0. The maximum absolute atomic E-state index is 11.6. The van der Waals surface area contributed by atoms with Gasteiger partial charge in [-0.05, 0) is 30.4 Å². The summed E-state index contributed by atoms with van der Waals surface area (Å²) in [6, 6.07) is 5.79. The molecular weight excluding hydrogens is 194 g/mol. The van der Waals surface area contributed by atoms with Crippen molar-refractivity contribution in [1.29, 1.82) is 5.26 Å². The Morgan fingerprint density at radius 3 is 2.93 bits per heavy atom. The summed E-state index contributed by atoms with van der Waals surface area (Å²) in [6.45, 7) is 0. The molecule has 0 aliphatic heterocycles. The number of allylic oxidation sites excluding steroid dienone is 1. The van der Waals surface area contributed by atoms with Gasteiger partial charge >= 0.3 is 0 Å². The van der Waals surface area contributed by atoms with E-state index in [1.54, 1.807) is 6.08 Å². The summed E-state index contributed by atoms with van der Waals surface area (Å²) in [7, 11) is 0. The van der Waals surface area contributed by atoms with Gasteiger partial charge in [-0.2, -0.15) is 5.26 Å². The number of nitrogens with zero attached hydrogens (tertiary/aromatic N) is 1. The second kappa shape index (κ2) is 3.77. The molecule has 0 bridgehead atoms. The molecule has 1 heterocycles. The van der Waals surface area contributed by atoms with Crippen molar-refractivity contribution in [2.45, 2.75) is 12.8 Å². The van der Waals surface area contributed by atoms with Crippen molar-refractivity contribution < 1.29 is 4.79 Å². The van der Waals surface area contributed by atoms with Crippen molar-refractivity contribution in [3.63, 3.8) is 0 Å². The molecule has 0 aromatic carbocycles. The number of rotatable bonds is 3. The van der Waals surface area contributed by atoms with Crippen LogP contribution in [0.15, 0.2) is 23.1 Å². The van der Waals surface area contributed by atoms with Crippen LogP contribution in [0.2, 0.25) is 0 Å². The van der Waals surface area contributed by atoms with Gasteiger partial charge in [0.1, 0.15) is 6.07 Å². The first-order chi connectivity index (χ1) is 6.81. The van der Waals surface area contributed by atoms with Crippen LogP contribution in [0, 0.1) is 17.2 Å². The van der Waals surface area contributed by atoms with E-state index in [0.29, 0.717) is 5.57 Å². The van der Waals surface area contributed by atoms with Crippen molar-refractivity contribution in [1.82, 2.24) is 0 Å². The zero-order valence-electron chi connectivity index (χ0n) is 7.56. The minimum Gasteiger partial charge on any atom is -0.293 e. The molecule has 0 amide bonds. The van der Waals surface area contributed by atoms with Crippen molar-refractivity contribution >= 4 is 23.2 Å². The SMILES string of the molecule is N#CC(=Cc1cccs1)C(=O)C1CC1. The molecule has 0 saturated heterocycles. The first-order valence-corrected chi connectivity index (χ1v) is 5.39. The molecule has 2 rings (SSSR count). The van der Waals surface area contributed by atoms with Gasteiger partial charge in [0.2, 0.25) is 0 Å². The summed E-state index contributed by atoms with van der Waals surface area (Å²) < 4.78 is 0. The summed E-state index contributed by atoms with van der Waals surface area (Å²) in [4.78, 5) is 12.5. The van der Waals surface area contributed by atoms with E-state index < -0.39 is 0 Å². The van der Waals surface area contributed by atoms with E-state index in [-0.39, 0.29) is 11.7 Å². The van der Waals surface area contributed by atoms with Crippen LogP contribution in [0.3, 0.4) is 0 Å². The first-order valence-electron chi connectivity index (χ1n) is 4.51. The largest absolute Gasteiger partial charge is 0.293 e. The molecule has 3 heteroatoms. The van der Waals surface area contributed by atoms with E-state index in [4.69, 9.17) is 5.26 Å². The fraction of sp³-hybridized carbons (Fsp3) is 0.273. The van der Waals surface area contributed by atoms with E-state index in [1.165, 1.54) is 11.3 Å². The van der Waals surface area contributed by atoms with Gasteiger partial charge in [0.25, 0.3) is 0 Å². The molecule has 1 aliphatic rings. The highest BCUT2D eigenvalue weighted by atomic mass is 32.1. The normalized spacial score (nSPS) is 16.4. The van der Waals surface area contributed by atoms with E-state index in [1.807, 2.05) is 23.6 Å². The molecule has 0 N–H and O–H groups in total. The van der Waals surface area contributed by atoms with Crippen molar-refractivity contribution in [3.05, 3.63) is 28.0 Å². The lowest BCUT2D eigenvalue weighted by atomic mass is 10.1. The number of ketones is 1. The van der Waals surface area contributed by atoms with Gasteiger partial charge in [0.05, 0.1) is 5.57 Å². The lowest BCUT2D eigenvalue weighted by molar-refractivity contribution is -0.116. The fourth-order valence-corrected chi connectivity index (χ4v) is 1.90. The molecule has 1 aliphatic carbocycles. The number of carbonyl (C=O) groups excluding carboxylic acids is 1. The maximum atomic E-state index is 11.6. The Hall–Kier alpha value is -1.40. The number of Topliss-reactive ketones (excluding diaryl/α,β-unsaturated/α-hetero) is 1. The third-order valence-electron chi connectivity index (χ3n) is 2.16. The molecule has 0 spiro atoms. The van der Waals surface area contributed by atoms with Crippen molar-refractivity contribution in [3.8, 4) is 6.07 Å². The highest BCUT2D eigenvalue weighted by molar-refractivity contribution is 7.10. The minimum absolute atomic E-state index is 0.0147. The fourth-order valence-electron chi connectivity index (χ4n) is 1.24. The summed E-state index contributed by atoms with van der Waals surface area (Å²) in [5.74, 6) is 0.141. The van der Waals surface area contributed by atoms with E-state index in [0.717, 1.165) is 17.7 Å². The first kappa shape index (κ1) is 9.17. The van der Waals surface area contributed by atoms with Crippen molar-refractivity contribution in [2.75, 3.05) is 0 Å². The molecule has 0 atom stereocenters. The van der Waals surface area contributed by atoms with Gasteiger partial charge in [-0.15, -0.1) is 11.3 Å². The topological polar surface area (TPSA) is 40.9 Å². The third-order valence-corrected chi connectivity index (χ3v) is 2.98. The quantitative estimate of drug-likeness (QED) is 0.559. The van der Waals surface area contributed by atoms with Crippen LogP contribution in [-0.4, -0.2) is 5.78 Å². The number of carbonyl (C=O) groups is 1. The summed E-state index contributed by atoms with van der Waals surface area (Å²) in [5, 5.41) is 10.8. The summed E-state index contributed by atoms with van der Waals surface area (Å²) in [5.41, 5.74) is 0.301. The van der Waals surface area contributed by atoms with Gasteiger partial charge in [0, 0.05) is 10.8 Å². The second-order valence-corrected chi connectivity index (χ2v) is 4.30. The predicted molar refractivity (Wildman–Crippen MR) is 55.6 cm³/mol. The van der Waals surface area contributed by atoms with Crippen LogP contribution in [0.5, 0.6) is 0 Å². The van der Waals surface area contributed by atoms with E-state index >= 15 is 0 Å². The molecule has 0 radical (unpaired) electrons. The monoisotopic (exact) mass is 203 g/mol.